The van der Waals surface area contributed by atoms with E-state index in [9.17, 15) is 14.7 Å². The number of likely N-dealkylation sites (tertiary alicyclic amines) is 1. The minimum atomic E-state index is -0.837. The van der Waals surface area contributed by atoms with E-state index in [1.165, 1.54) is 19.1 Å². The van der Waals surface area contributed by atoms with Crippen molar-refractivity contribution in [1.82, 2.24) is 9.88 Å². The molecule has 4 rings (SSSR count). The summed E-state index contributed by atoms with van der Waals surface area (Å²) in [5.41, 5.74) is 0.807. The average Bonchev–Trinajstić information content (AvgIpc) is 3.46. The van der Waals surface area contributed by atoms with E-state index in [4.69, 9.17) is 9.47 Å². The maximum Gasteiger partial charge on any atom is 0.295 e. The van der Waals surface area contributed by atoms with Gasteiger partial charge in [0.25, 0.3) is 5.91 Å². The summed E-state index contributed by atoms with van der Waals surface area (Å²) in [6.07, 6.45) is 6.12. The summed E-state index contributed by atoms with van der Waals surface area (Å²) < 4.78 is 12.7. The maximum atomic E-state index is 13.5. The molecule has 8 heteroatoms. The van der Waals surface area contributed by atoms with Gasteiger partial charge in [-0.05, 0) is 23.8 Å². The molecule has 170 valence electrons. The van der Waals surface area contributed by atoms with Crippen LogP contribution in [0.4, 0.5) is 0 Å². The van der Waals surface area contributed by atoms with Crippen LogP contribution < -0.4 is 19.1 Å². The molecule has 3 aromatic rings. The van der Waals surface area contributed by atoms with Gasteiger partial charge in [0.05, 0.1) is 26.8 Å². The Bertz CT molecular complexity index is 1190. The van der Waals surface area contributed by atoms with Gasteiger partial charge in [-0.3, -0.25) is 14.6 Å². The number of aromatic amines is 1. The topological polar surface area (TPSA) is 98.6 Å². The molecule has 1 aliphatic rings. The number of nitrogens with zero attached hydrogens (tertiary/aromatic N) is 2. The van der Waals surface area contributed by atoms with Crippen molar-refractivity contribution in [2.75, 3.05) is 20.8 Å². The molecule has 1 saturated heterocycles. The normalized spacial score (nSPS) is 17.4. The number of rotatable bonds is 8. The van der Waals surface area contributed by atoms with Crippen molar-refractivity contribution in [3.8, 4) is 11.5 Å². The predicted octanol–water partition coefficient (Wildman–Crippen LogP) is 1.63. The van der Waals surface area contributed by atoms with Gasteiger partial charge in [0.15, 0.2) is 0 Å². The van der Waals surface area contributed by atoms with Crippen molar-refractivity contribution in [2.45, 2.75) is 19.0 Å². The minimum absolute atomic E-state index is 0.0768. The van der Waals surface area contributed by atoms with Crippen LogP contribution >= 0.6 is 0 Å². The molecule has 2 aromatic carbocycles. The van der Waals surface area contributed by atoms with Gasteiger partial charge in [0, 0.05) is 24.1 Å². The van der Waals surface area contributed by atoms with Gasteiger partial charge in [-0.25, -0.2) is 4.57 Å². The molecule has 0 saturated carbocycles. The zero-order valence-electron chi connectivity index (χ0n) is 18.5. The smallest absolute Gasteiger partial charge is 0.295 e. The first-order chi connectivity index (χ1) is 16.0. The van der Waals surface area contributed by atoms with Gasteiger partial charge in [0.2, 0.25) is 12.1 Å². The molecule has 1 atom stereocenters. The van der Waals surface area contributed by atoms with Crippen molar-refractivity contribution in [1.29, 1.82) is 0 Å². The van der Waals surface area contributed by atoms with Gasteiger partial charge < -0.3 is 19.5 Å². The lowest BCUT2D eigenvalue weighted by Crippen LogP contribution is -2.36. The van der Waals surface area contributed by atoms with E-state index in [0.29, 0.717) is 36.6 Å². The number of para-hydroxylation sites is 1. The van der Waals surface area contributed by atoms with Crippen LogP contribution in [0, 0.1) is 0 Å². The van der Waals surface area contributed by atoms with Crippen LogP contribution in [-0.2, 0) is 16.1 Å². The SMILES string of the molecule is COc1cccc(C([O-])=C2C(=O)C(=O)N(CCC[n+]3cc[nH]c3)C2c2ccccc2OC)c1. The molecule has 8 nitrogen and oxygen atoms in total. The predicted molar refractivity (Wildman–Crippen MR) is 118 cm³/mol. The number of aryl methyl sites for hydroxylation is 1. The minimum Gasteiger partial charge on any atom is -0.872 e. The van der Waals surface area contributed by atoms with Crippen LogP contribution in [0.5, 0.6) is 11.5 Å². The number of methoxy groups -OCH3 is 2. The molecule has 0 bridgehead atoms. The average molecular weight is 447 g/mol. The summed E-state index contributed by atoms with van der Waals surface area (Å²) in [5, 5.41) is 13.5. The molecule has 1 aliphatic heterocycles. The zero-order chi connectivity index (χ0) is 23.4. The Kier molecular flexibility index (Phi) is 6.44. The lowest BCUT2D eigenvalue weighted by molar-refractivity contribution is -0.695. The van der Waals surface area contributed by atoms with Crippen LogP contribution in [0.2, 0.25) is 0 Å². The maximum absolute atomic E-state index is 13.5. The Labute approximate surface area is 191 Å². The number of ether oxygens (including phenoxy) is 2. The molecule has 1 fully saturated rings. The molecule has 1 unspecified atom stereocenters. The van der Waals surface area contributed by atoms with Crippen molar-refractivity contribution >= 4 is 17.4 Å². The number of H-pyrrole nitrogens is 1. The van der Waals surface area contributed by atoms with E-state index >= 15 is 0 Å². The number of Topliss-reactive ketones (excluding diaryl/α,β-unsaturated/α-hetero) is 1. The number of aromatic nitrogens is 2. The Morgan fingerprint density at radius 3 is 2.67 bits per heavy atom. The van der Waals surface area contributed by atoms with E-state index in [1.54, 1.807) is 54.7 Å². The number of amides is 1. The van der Waals surface area contributed by atoms with Gasteiger partial charge in [-0.15, -0.1) is 0 Å². The van der Waals surface area contributed by atoms with E-state index in [2.05, 4.69) is 4.98 Å². The number of nitrogens with one attached hydrogen (secondary N) is 1. The third kappa shape index (κ3) is 4.32. The second-order valence-electron chi connectivity index (χ2n) is 7.65. The number of hydrogen-bond donors (Lipinski definition) is 1. The molecule has 0 aliphatic carbocycles. The van der Waals surface area contributed by atoms with Gasteiger partial charge in [-0.2, -0.15) is 0 Å². The van der Waals surface area contributed by atoms with Gasteiger partial charge in [-0.1, -0.05) is 36.1 Å². The molecule has 2 heterocycles. The van der Waals surface area contributed by atoms with Crippen molar-refractivity contribution in [3.05, 3.63) is 84.0 Å². The quantitative estimate of drug-likeness (QED) is 0.245. The highest BCUT2D eigenvalue weighted by molar-refractivity contribution is 6.46. The summed E-state index contributed by atoms with van der Waals surface area (Å²) in [4.78, 5) is 30.7. The fraction of sp³-hybridized carbons (Fsp3) is 0.240. The lowest BCUT2D eigenvalue weighted by Gasteiger charge is -2.28. The summed E-state index contributed by atoms with van der Waals surface area (Å²) in [6, 6.07) is 12.9. The molecular weight excluding hydrogens is 422 g/mol. The number of carbonyl (C=O) groups excluding carboxylic acids is 2. The number of imidazole rings is 1. The summed E-state index contributed by atoms with van der Waals surface area (Å²) >= 11 is 0. The van der Waals surface area contributed by atoms with Crippen molar-refractivity contribution in [3.63, 3.8) is 0 Å². The summed E-state index contributed by atoms with van der Waals surface area (Å²) in [7, 11) is 3.02. The standard InChI is InChI=1S/C25H25N3O5/c1-32-18-8-5-7-17(15-18)23(29)21-22(19-9-3-4-10-20(19)33-2)28(25(31)24(21)30)13-6-12-27-14-11-26-16-27/h3-5,7-11,14-16,22H,6,12-13H2,1-2H3,(H,29,30). The highest BCUT2D eigenvalue weighted by Gasteiger charge is 2.45. The van der Waals surface area contributed by atoms with Crippen LogP contribution in [0.1, 0.15) is 23.6 Å². The Balaban J connectivity index is 1.78. The van der Waals surface area contributed by atoms with Crippen LogP contribution in [0.3, 0.4) is 0 Å². The van der Waals surface area contributed by atoms with Crippen LogP contribution in [0.15, 0.2) is 72.8 Å². The molecule has 1 aromatic heterocycles. The van der Waals surface area contributed by atoms with E-state index in [1.807, 2.05) is 17.1 Å². The highest BCUT2D eigenvalue weighted by atomic mass is 16.5. The van der Waals surface area contributed by atoms with Crippen molar-refractivity contribution in [2.24, 2.45) is 0 Å². The molecule has 1 N–H and O–H groups in total. The second-order valence-corrected chi connectivity index (χ2v) is 7.65. The number of carbonyl (C=O) groups is 2. The third-order valence-electron chi connectivity index (χ3n) is 5.71. The van der Waals surface area contributed by atoms with Crippen LogP contribution in [0.25, 0.3) is 5.76 Å². The van der Waals surface area contributed by atoms with E-state index in [0.717, 1.165) is 0 Å². The first-order valence-corrected chi connectivity index (χ1v) is 10.6. The first kappa shape index (κ1) is 22.1. The molecule has 0 spiro atoms. The highest BCUT2D eigenvalue weighted by Crippen LogP contribution is 2.42. The van der Waals surface area contributed by atoms with Gasteiger partial charge in [0.1, 0.15) is 23.9 Å². The Hall–Kier alpha value is -4.07. The zero-order valence-corrected chi connectivity index (χ0v) is 18.5. The Morgan fingerprint density at radius 1 is 1.12 bits per heavy atom. The largest absolute Gasteiger partial charge is 0.872 e. The van der Waals surface area contributed by atoms with Gasteiger partial charge >= 0.3 is 0 Å². The van der Waals surface area contributed by atoms with Crippen LogP contribution in [-0.4, -0.2) is 42.3 Å². The molecule has 0 radical (unpaired) electrons. The molecule has 33 heavy (non-hydrogen) atoms. The summed E-state index contributed by atoms with van der Waals surface area (Å²) in [5.74, 6) is -0.965. The molecular formula is C25H25N3O5. The van der Waals surface area contributed by atoms with E-state index in [-0.39, 0.29) is 11.1 Å². The number of hydrogen-bond acceptors (Lipinski definition) is 5. The fourth-order valence-electron chi connectivity index (χ4n) is 4.12. The monoisotopic (exact) mass is 447 g/mol. The Morgan fingerprint density at radius 2 is 1.94 bits per heavy atom. The lowest BCUT2D eigenvalue weighted by atomic mass is 9.94. The number of benzene rings is 2. The fourth-order valence-corrected chi connectivity index (χ4v) is 4.12. The molecule has 1 amide bonds. The third-order valence-corrected chi connectivity index (χ3v) is 5.71. The summed E-state index contributed by atoms with van der Waals surface area (Å²) in [6.45, 7) is 0.958. The second kappa shape index (κ2) is 9.60. The first-order valence-electron chi connectivity index (χ1n) is 10.6. The number of ketones is 1. The van der Waals surface area contributed by atoms with Crippen molar-refractivity contribution < 1.29 is 28.7 Å². The van der Waals surface area contributed by atoms with E-state index < -0.39 is 23.5 Å².